The zero-order valence-corrected chi connectivity index (χ0v) is 20.0. The van der Waals surface area contributed by atoms with Crippen LogP contribution in [0.1, 0.15) is 42.5 Å². The van der Waals surface area contributed by atoms with Crippen molar-refractivity contribution >= 4 is 33.8 Å². The van der Waals surface area contributed by atoms with E-state index in [-0.39, 0.29) is 6.04 Å². The number of fused-ring (bicyclic) bond motifs is 2. The molecule has 1 unspecified atom stereocenters. The van der Waals surface area contributed by atoms with E-state index in [4.69, 9.17) is 0 Å². The van der Waals surface area contributed by atoms with Crippen molar-refractivity contribution in [1.82, 2.24) is 30.0 Å². The Balaban J connectivity index is 0.000000159. The minimum atomic E-state index is 0.238. The molecule has 0 saturated carbocycles. The number of anilines is 1. The predicted molar refractivity (Wildman–Crippen MR) is 132 cm³/mol. The molecule has 8 nitrogen and oxygen atoms in total. The Labute approximate surface area is 198 Å². The quantitative estimate of drug-likeness (QED) is 0.383. The largest absolute Gasteiger partial charge is 0.361 e. The molecule has 33 heavy (non-hydrogen) atoms. The third-order valence-corrected chi connectivity index (χ3v) is 6.81. The minimum absolute atomic E-state index is 0.238. The average Bonchev–Trinajstić information content (AvgIpc) is 3.57. The number of carbonyl (C=O) groups excluding carboxylic acids is 1. The van der Waals surface area contributed by atoms with E-state index in [2.05, 4.69) is 62.4 Å². The van der Waals surface area contributed by atoms with Gasteiger partial charge in [0.25, 0.3) is 0 Å². The Hall–Kier alpha value is -3.20. The molecule has 1 aliphatic heterocycles. The number of thiazole rings is 1. The number of benzene rings is 1. The highest BCUT2D eigenvalue weighted by Gasteiger charge is 2.19. The van der Waals surface area contributed by atoms with Gasteiger partial charge in [0.15, 0.2) is 5.13 Å². The fourth-order valence-electron chi connectivity index (χ4n) is 4.07. The molecule has 4 aromatic rings. The highest BCUT2D eigenvalue weighted by molar-refractivity contribution is 7.15. The fourth-order valence-corrected chi connectivity index (χ4v) is 4.86. The molecule has 1 aromatic carbocycles. The number of amides is 1. The van der Waals surface area contributed by atoms with Crippen LogP contribution in [0.25, 0.3) is 10.9 Å². The fraction of sp³-hybridized carbons (Fsp3) is 0.417. The zero-order valence-electron chi connectivity index (χ0n) is 19.2. The number of aryl methyl sites for hydroxylation is 1. The normalized spacial score (nSPS) is 13.8. The summed E-state index contributed by atoms with van der Waals surface area (Å²) in [7, 11) is 0. The second-order valence-electron chi connectivity index (χ2n) is 8.26. The Morgan fingerprint density at radius 2 is 2.15 bits per heavy atom. The topological polar surface area (TPSA) is 91.7 Å². The lowest BCUT2D eigenvalue weighted by molar-refractivity contribution is -0.110. The van der Waals surface area contributed by atoms with Crippen LogP contribution in [0.4, 0.5) is 5.13 Å². The molecule has 0 fully saturated rings. The van der Waals surface area contributed by atoms with Gasteiger partial charge in [-0.3, -0.25) is 4.79 Å². The lowest BCUT2D eigenvalue weighted by atomic mass is 10.0. The molecular weight excluding hydrogens is 434 g/mol. The molecule has 0 saturated heterocycles. The number of hydrogen-bond donors (Lipinski definition) is 2. The van der Waals surface area contributed by atoms with Gasteiger partial charge in [-0.2, -0.15) is 5.10 Å². The van der Waals surface area contributed by atoms with Crippen LogP contribution in [-0.4, -0.2) is 43.7 Å². The summed E-state index contributed by atoms with van der Waals surface area (Å²) in [6.45, 7) is 6.92. The van der Waals surface area contributed by atoms with E-state index in [1.165, 1.54) is 15.8 Å². The van der Waals surface area contributed by atoms with Crippen molar-refractivity contribution in [3.8, 4) is 0 Å². The van der Waals surface area contributed by atoms with E-state index in [9.17, 15) is 4.79 Å². The van der Waals surface area contributed by atoms with E-state index < -0.39 is 0 Å². The average molecular weight is 466 g/mol. The first-order chi connectivity index (χ1) is 16.2. The summed E-state index contributed by atoms with van der Waals surface area (Å²) in [5, 5.41) is 9.42. The van der Waals surface area contributed by atoms with E-state index in [0.717, 1.165) is 68.2 Å². The van der Waals surface area contributed by atoms with Crippen LogP contribution >= 0.6 is 11.3 Å². The highest BCUT2D eigenvalue weighted by atomic mass is 32.1. The van der Waals surface area contributed by atoms with Gasteiger partial charge < -0.3 is 15.2 Å². The molecule has 1 atom stereocenters. The molecule has 3 aromatic heterocycles. The minimum Gasteiger partial charge on any atom is -0.361 e. The van der Waals surface area contributed by atoms with E-state index >= 15 is 0 Å². The van der Waals surface area contributed by atoms with Gasteiger partial charge in [-0.15, -0.1) is 11.3 Å². The van der Waals surface area contributed by atoms with E-state index in [1.807, 2.05) is 23.0 Å². The van der Waals surface area contributed by atoms with Gasteiger partial charge in [-0.25, -0.2) is 14.6 Å². The summed E-state index contributed by atoms with van der Waals surface area (Å²) in [5.74, 6) is 1.02. The number of nitrogens with one attached hydrogen (secondary N) is 2. The van der Waals surface area contributed by atoms with Crippen LogP contribution in [0.2, 0.25) is 0 Å². The molecule has 1 amide bonds. The molecule has 0 radical (unpaired) electrons. The monoisotopic (exact) mass is 465 g/mol. The maximum Gasteiger partial charge on any atom is 0.207 e. The highest BCUT2D eigenvalue weighted by Crippen LogP contribution is 2.24. The number of nitrogens with zero attached hydrogens (tertiary/aromatic N) is 5. The number of para-hydroxylation sites is 1. The Morgan fingerprint density at radius 1 is 1.27 bits per heavy atom. The van der Waals surface area contributed by atoms with Crippen molar-refractivity contribution in [2.24, 2.45) is 0 Å². The molecule has 0 aliphatic carbocycles. The van der Waals surface area contributed by atoms with Gasteiger partial charge in [-0.05, 0) is 31.4 Å². The zero-order chi connectivity index (χ0) is 23.0. The number of carbonyl (C=O) groups is 1. The molecule has 4 heterocycles. The summed E-state index contributed by atoms with van der Waals surface area (Å²) >= 11 is 1.73. The van der Waals surface area contributed by atoms with Gasteiger partial charge in [0, 0.05) is 40.8 Å². The third-order valence-electron chi connectivity index (χ3n) is 5.84. The Morgan fingerprint density at radius 3 is 2.94 bits per heavy atom. The predicted octanol–water partition coefficient (Wildman–Crippen LogP) is 4.08. The van der Waals surface area contributed by atoms with Gasteiger partial charge >= 0.3 is 0 Å². The number of aromatic amines is 1. The summed E-state index contributed by atoms with van der Waals surface area (Å²) in [4.78, 5) is 26.0. The first-order valence-corrected chi connectivity index (χ1v) is 12.3. The first kappa shape index (κ1) is 23.0. The maximum absolute atomic E-state index is 10.7. The smallest absolute Gasteiger partial charge is 0.207 e. The third kappa shape index (κ3) is 5.78. The maximum atomic E-state index is 10.7. The SMILES string of the molecule is CCCCC(Cc1c[nH]c2ccccc12)NC=O.Cc1cnc(N2CCn3ncnc3C2)s1. The standard InChI is InChI=1S/C15H20N2O.C9H11N5S/c1-2-3-6-13(17-11-18)9-12-10-16-15-8-5-4-7-14(12)15;1-7-4-10-9(15-7)13-2-3-14-8(5-13)11-6-12-14/h4-5,7-8,10-11,13,16H,2-3,6,9H2,1H3,(H,17,18);4,6H,2-3,5H2,1H3. The molecule has 174 valence electrons. The van der Waals surface area contributed by atoms with Gasteiger partial charge in [-0.1, -0.05) is 38.0 Å². The molecule has 0 spiro atoms. The number of rotatable bonds is 8. The first-order valence-electron chi connectivity index (χ1n) is 11.5. The summed E-state index contributed by atoms with van der Waals surface area (Å²) in [5.41, 5.74) is 2.44. The van der Waals surface area contributed by atoms with Crippen LogP contribution < -0.4 is 10.2 Å². The number of aromatic nitrogens is 5. The molecule has 0 bridgehead atoms. The van der Waals surface area contributed by atoms with Crippen molar-refractivity contribution < 1.29 is 4.79 Å². The van der Waals surface area contributed by atoms with Gasteiger partial charge in [0.05, 0.1) is 13.1 Å². The lowest BCUT2D eigenvalue weighted by Crippen LogP contribution is -2.34. The van der Waals surface area contributed by atoms with Gasteiger partial charge in [0.1, 0.15) is 12.2 Å². The van der Waals surface area contributed by atoms with Crippen molar-refractivity contribution in [3.05, 3.63) is 59.3 Å². The number of hydrogen-bond acceptors (Lipinski definition) is 6. The van der Waals surface area contributed by atoms with Crippen LogP contribution in [0.5, 0.6) is 0 Å². The van der Waals surface area contributed by atoms with Crippen molar-refractivity contribution in [2.45, 2.75) is 58.7 Å². The van der Waals surface area contributed by atoms with Crippen LogP contribution in [-0.2, 0) is 24.3 Å². The second-order valence-corrected chi connectivity index (χ2v) is 9.47. The molecule has 9 heteroatoms. The van der Waals surface area contributed by atoms with Gasteiger partial charge in [0.2, 0.25) is 6.41 Å². The summed E-state index contributed by atoms with van der Waals surface area (Å²) in [6, 6.07) is 8.52. The second kappa shape index (κ2) is 11.1. The van der Waals surface area contributed by atoms with Crippen molar-refractivity contribution in [2.75, 3.05) is 11.4 Å². The molecular formula is C24H31N7OS. The summed E-state index contributed by atoms with van der Waals surface area (Å²) < 4.78 is 1.96. The van der Waals surface area contributed by atoms with Crippen molar-refractivity contribution in [3.63, 3.8) is 0 Å². The lowest BCUT2D eigenvalue weighted by Gasteiger charge is -2.25. The van der Waals surface area contributed by atoms with Crippen LogP contribution in [0.3, 0.4) is 0 Å². The number of unbranched alkanes of at least 4 members (excludes halogenated alkanes) is 1. The van der Waals surface area contributed by atoms with Crippen LogP contribution in [0.15, 0.2) is 43.0 Å². The number of H-pyrrole nitrogens is 1. The summed E-state index contributed by atoms with van der Waals surface area (Å²) in [6.07, 6.45) is 10.6. The Kier molecular flexibility index (Phi) is 7.72. The Bertz CT molecular complexity index is 1160. The molecule has 5 rings (SSSR count). The van der Waals surface area contributed by atoms with Crippen LogP contribution in [0, 0.1) is 6.92 Å². The van der Waals surface area contributed by atoms with E-state index in [0.29, 0.717) is 0 Å². The molecule has 1 aliphatic rings. The molecule has 2 N–H and O–H groups in total. The van der Waals surface area contributed by atoms with Crippen molar-refractivity contribution in [1.29, 1.82) is 0 Å². The van der Waals surface area contributed by atoms with E-state index in [1.54, 1.807) is 17.7 Å².